The summed E-state index contributed by atoms with van der Waals surface area (Å²) in [4.78, 5) is 16.5. The van der Waals surface area contributed by atoms with E-state index in [1.54, 1.807) is 0 Å². The van der Waals surface area contributed by atoms with E-state index in [4.69, 9.17) is 15.2 Å². The van der Waals surface area contributed by atoms with Crippen LogP contribution in [0.3, 0.4) is 0 Å². The molecule has 0 bridgehead atoms. The summed E-state index contributed by atoms with van der Waals surface area (Å²) < 4.78 is 11.2. The number of nitrogens with two attached hydrogens (primary N) is 1. The number of rotatable bonds is 8. The largest absolute Gasteiger partial charge is 0.490 e. The van der Waals surface area contributed by atoms with Crippen LogP contribution in [0.5, 0.6) is 11.5 Å². The van der Waals surface area contributed by atoms with Gasteiger partial charge in [-0.05, 0) is 63.1 Å². The fraction of sp³-hybridized carbons (Fsp3) is 0.500. The van der Waals surface area contributed by atoms with Gasteiger partial charge < -0.3 is 15.2 Å². The lowest BCUT2D eigenvalue weighted by Gasteiger charge is -2.29. The lowest BCUT2D eigenvalue weighted by molar-refractivity contribution is -0.119. The number of aryl methyl sites for hydroxylation is 1. The minimum Gasteiger partial charge on any atom is -0.490 e. The van der Waals surface area contributed by atoms with Gasteiger partial charge in [-0.3, -0.25) is 9.69 Å². The first kappa shape index (κ1) is 20.7. The first-order valence-electron chi connectivity index (χ1n) is 10.0. The normalized spacial score (nSPS) is 17.9. The zero-order valence-electron chi connectivity index (χ0n) is 16.8. The van der Waals surface area contributed by atoms with Gasteiger partial charge in [0.05, 0.1) is 6.61 Å². The van der Waals surface area contributed by atoms with Crippen LogP contribution in [0.4, 0.5) is 0 Å². The molecule has 5 nitrogen and oxygen atoms in total. The molecule has 1 saturated heterocycles. The van der Waals surface area contributed by atoms with Gasteiger partial charge in [0.2, 0.25) is 0 Å². The fourth-order valence-corrected chi connectivity index (χ4v) is 4.78. The Morgan fingerprint density at radius 1 is 1.18 bits per heavy atom. The van der Waals surface area contributed by atoms with Crippen LogP contribution in [-0.2, 0) is 11.3 Å². The predicted molar refractivity (Wildman–Crippen MR) is 113 cm³/mol. The Morgan fingerprint density at radius 2 is 2.04 bits per heavy atom. The summed E-state index contributed by atoms with van der Waals surface area (Å²) in [5, 5.41) is 0. The molecule has 2 aromatic rings. The van der Waals surface area contributed by atoms with Crippen molar-refractivity contribution in [3.8, 4) is 11.5 Å². The van der Waals surface area contributed by atoms with Gasteiger partial charge in [-0.1, -0.05) is 18.9 Å². The molecule has 0 spiro atoms. The van der Waals surface area contributed by atoms with Gasteiger partial charge in [-0.2, -0.15) is 0 Å². The second-order valence-corrected chi connectivity index (χ2v) is 8.57. The van der Waals surface area contributed by atoms with Crippen molar-refractivity contribution in [2.75, 3.05) is 19.8 Å². The Balaban J connectivity index is 1.79. The Kier molecular flexibility index (Phi) is 7.34. The van der Waals surface area contributed by atoms with E-state index < -0.39 is 5.91 Å². The highest BCUT2D eigenvalue weighted by Gasteiger charge is 2.24. The maximum absolute atomic E-state index is 11.0. The first-order chi connectivity index (χ1) is 13.6. The lowest BCUT2D eigenvalue weighted by atomic mass is 10.1. The molecule has 2 heterocycles. The summed E-state index contributed by atoms with van der Waals surface area (Å²) in [5.41, 5.74) is 6.38. The molecule has 0 saturated carbocycles. The van der Waals surface area contributed by atoms with Crippen molar-refractivity contribution in [1.29, 1.82) is 0 Å². The minimum atomic E-state index is -0.495. The maximum atomic E-state index is 11.0. The third kappa shape index (κ3) is 5.49. The van der Waals surface area contributed by atoms with Gasteiger partial charge in [0, 0.05) is 22.3 Å². The standard InChI is InChI=1S/C22H30N2O3S/c1-3-26-20-13-17(9-10-19(20)27-15-22(23)25)14-24-12-6-4-5-7-18(24)21-11-8-16(2)28-21/h8-11,13,18H,3-7,12,14-15H2,1-2H3,(H2,23,25)/t18-/m0/s1. The monoisotopic (exact) mass is 402 g/mol. The Labute approximate surface area is 171 Å². The number of carbonyl (C=O) groups excluding carboxylic acids is 1. The number of thiophene rings is 1. The predicted octanol–water partition coefficient (Wildman–Crippen LogP) is 4.44. The van der Waals surface area contributed by atoms with Gasteiger partial charge in [-0.15, -0.1) is 11.3 Å². The van der Waals surface area contributed by atoms with E-state index >= 15 is 0 Å². The molecule has 0 unspecified atom stereocenters. The number of primary amides is 1. The van der Waals surface area contributed by atoms with Crippen LogP contribution in [-0.4, -0.2) is 30.6 Å². The molecule has 28 heavy (non-hydrogen) atoms. The van der Waals surface area contributed by atoms with Crippen molar-refractivity contribution in [2.45, 2.75) is 52.1 Å². The van der Waals surface area contributed by atoms with Crippen LogP contribution in [0.25, 0.3) is 0 Å². The molecule has 0 aliphatic carbocycles. The van der Waals surface area contributed by atoms with E-state index in [0.29, 0.717) is 24.1 Å². The molecule has 1 aliphatic heterocycles. The molecule has 1 amide bonds. The van der Waals surface area contributed by atoms with E-state index in [-0.39, 0.29) is 6.61 Å². The van der Waals surface area contributed by atoms with Gasteiger partial charge >= 0.3 is 0 Å². The minimum absolute atomic E-state index is 0.147. The van der Waals surface area contributed by atoms with Gasteiger partial charge in [0.25, 0.3) is 5.91 Å². The number of hydrogen-bond donors (Lipinski definition) is 1. The zero-order chi connectivity index (χ0) is 19.9. The number of nitrogens with zero attached hydrogens (tertiary/aromatic N) is 1. The van der Waals surface area contributed by atoms with Gasteiger partial charge in [-0.25, -0.2) is 0 Å². The first-order valence-corrected chi connectivity index (χ1v) is 10.9. The van der Waals surface area contributed by atoms with Crippen molar-refractivity contribution in [1.82, 2.24) is 4.90 Å². The van der Waals surface area contributed by atoms with E-state index in [2.05, 4.69) is 30.0 Å². The summed E-state index contributed by atoms with van der Waals surface area (Å²) in [7, 11) is 0. The highest BCUT2D eigenvalue weighted by molar-refractivity contribution is 7.12. The zero-order valence-corrected chi connectivity index (χ0v) is 17.6. The maximum Gasteiger partial charge on any atom is 0.255 e. The Morgan fingerprint density at radius 3 is 2.75 bits per heavy atom. The van der Waals surface area contributed by atoms with Gasteiger partial charge in [0.1, 0.15) is 0 Å². The van der Waals surface area contributed by atoms with E-state index in [1.165, 1.54) is 41.0 Å². The highest BCUT2D eigenvalue weighted by atomic mass is 32.1. The summed E-state index contributed by atoms with van der Waals surface area (Å²) in [6, 6.07) is 11.0. The average Bonchev–Trinajstić information content (AvgIpc) is 2.96. The molecule has 3 rings (SSSR count). The number of benzene rings is 1. The summed E-state index contributed by atoms with van der Waals surface area (Å²) in [5.74, 6) is 0.732. The SMILES string of the molecule is CCOc1cc(CN2CCCCC[C@H]2c2ccc(C)s2)ccc1OCC(N)=O. The third-order valence-corrected chi connectivity index (χ3v) is 6.12. The molecular weight excluding hydrogens is 372 g/mol. The van der Waals surface area contributed by atoms with Gasteiger partial charge in [0.15, 0.2) is 18.1 Å². The van der Waals surface area contributed by atoms with Crippen LogP contribution >= 0.6 is 11.3 Å². The molecule has 1 aromatic heterocycles. The molecule has 0 radical (unpaired) electrons. The van der Waals surface area contributed by atoms with Crippen molar-refractivity contribution in [3.05, 3.63) is 45.6 Å². The molecular formula is C22H30N2O3S. The van der Waals surface area contributed by atoms with Crippen LogP contribution in [0.1, 0.15) is 54.0 Å². The molecule has 2 N–H and O–H groups in total. The topological polar surface area (TPSA) is 64.8 Å². The number of amides is 1. The van der Waals surface area contributed by atoms with Crippen molar-refractivity contribution in [2.24, 2.45) is 5.73 Å². The second-order valence-electron chi connectivity index (χ2n) is 7.25. The van der Waals surface area contributed by atoms with E-state index in [9.17, 15) is 4.79 Å². The smallest absolute Gasteiger partial charge is 0.255 e. The van der Waals surface area contributed by atoms with Crippen LogP contribution in [0.2, 0.25) is 0 Å². The van der Waals surface area contributed by atoms with E-state index in [0.717, 1.165) is 13.1 Å². The molecule has 152 valence electrons. The lowest BCUT2D eigenvalue weighted by Crippen LogP contribution is -2.27. The summed E-state index contributed by atoms with van der Waals surface area (Å²) in [6.07, 6.45) is 5.01. The summed E-state index contributed by atoms with van der Waals surface area (Å²) in [6.45, 7) is 6.48. The Bertz CT molecular complexity index is 790. The van der Waals surface area contributed by atoms with Crippen molar-refractivity contribution < 1.29 is 14.3 Å². The average molecular weight is 403 g/mol. The third-order valence-electron chi connectivity index (χ3n) is 5.02. The van der Waals surface area contributed by atoms with E-state index in [1.807, 2.05) is 30.4 Å². The molecule has 6 heteroatoms. The second kappa shape index (κ2) is 9.94. The number of likely N-dealkylation sites (tertiary alicyclic amines) is 1. The molecule has 1 fully saturated rings. The van der Waals surface area contributed by atoms with Crippen molar-refractivity contribution in [3.63, 3.8) is 0 Å². The fourth-order valence-electron chi connectivity index (χ4n) is 3.73. The molecule has 1 aromatic carbocycles. The quantitative estimate of drug-likeness (QED) is 0.709. The Hall–Kier alpha value is -2.05. The number of ether oxygens (including phenoxy) is 2. The van der Waals surface area contributed by atoms with Crippen molar-refractivity contribution >= 4 is 17.2 Å². The number of carbonyl (C=O) groups is 1. The molecule has 1 atom stereocenters. The summed E-state index contributed by atoms with van der Waals surface area (Å²) >= 11 is 1.91. The van der Waals surface area contributed by atoms with Crippen LogP contribution in [0, 0.1) is 6.92 Å². The van der Waals surface area contributed by atoms with Crippen LogP contribution < -0.4 is 15.2 Å². The molecule has 1 aliphatic rings. The highest BCUT2D eigenvalue weighted by Crippen LogP contribution is 2.36. The number of hydrogen-bond acceptors (Lipinski definition) is 5. The van der Waals surface area contributed by atoms with Crippen LogP contribution in [0.15, 0.2) is 30.3 Å².